The van der Waals surface area contributed by atoms with Crippen molar-refractivity contribution >= 4 is 27.5 Å². The van der Waals surface area contributed by atoms with E-state index in [-0.39, 0.29) is 11.9 Å². The van der Waals surface area contributed by atoms with Gasteiger partial charge in [-0.15, -0.1) is 0 Å². The summed E-state index contributed by atoms with van der Waals surface area (Å²) >= 11 is 3.34. The van der Waals surface area contributed by atoms with Crippen molar-refractivity contribution in [3.05, 3.63) is 52.3 Å². The molecule has 0 saturated carbocycles. The molecule has 98 valence electrons. The van der Waals surface area contributed by atoms with Crippen molar-refractivity contribution in [1.82, 2.24) is 4.98 Å². The van der Waals surface area contributed by atoms with Crippen LogP contribution in [0.4, 0.5) is 5.69 Å². The standard InChI is InChI=1S/C14H14BrN3O/c15-10-6-12(17-7-10)14(19)18-8-11(16)5-9-3-1-2-4-13(9)18/h1-4,6-7,11,17H,5,8,16H2. The number of nitrogens with one attached hydrogen (secondary N) is 1. The molecule has 19 heavy (non-hydrogen) atoms. The lowest BCUT2D eigenvalue weighted by Crippen LogP contribution is -2.46. The topological polar surface area (TPSA) is 62.1 Å². The number of hydrogen-bond acceptors (Lipinski definition) is 2. The molecule has 1 atom stereocenters. The van der Waals surface area contributed by atoms with Crippen molar-refractivity contribution in [3.8, 4) is 0 Å². The fourth-order valence-electron chi connectivity index (χ4n) is 2.46. The van der Waals surface area contributed by atoms with Crippen molar-refractivity contribution in [2.45, 2.75) is 12.5 Å². The second-order valence-corrected chi connectivity index (χ2v) is 5.66. The van der Waals surface area contributed by atoms with Crippen molar-refractivity contribution in [1.29, 1.82) is 0 Å². The lowest BCUT2D eigenvalue weighted by atomic mass is 9.98. The average molecular weight is 320 g/mol. The molecule has 1 unspecified atom stereocenters. The third-order valence-electron chi connectivity index (χ3n) is 3.30. The van der Waals surface area contributed by atoms with Gasteiger partial charge in [-0.2, -0.15) is 0 Å². The normalized spacial score (nSPS) is 18.2. The Bertz CT molecular complexity index is 623. The van der Waals surface area contributed by atoms with E-state index in [9.17, 15) is 4.79 Å². The van der Waals surface area contributed by atoms with E-state index in [1.54, 1.807) is 17.2 Å². The Kier molecular flexibility index (Phi) is 3.16. The molecule has 3 N–H and O–H groups in total. The maximum Gasteiger partial charge on any atom is 0.274 e. The van der Waals surface area contributed by atoms with Crippen molar-refractivity contribution in [2.24, 2.45) is 5.73 Å². The van der Waals surface area contributed by atoms with Crippen LogP contribution in [0.15, 0.2) is 41.0 Å². The Labute approximate surface area is 119 Å². The Morgan fingerprint density at radius 1 is 1.42 bits per heavy atom. The van der Waals surface area contributed by atoms with E-state index in [0.717, 1.165) is 22.1 Å². The van der Waals surface area contributed by atoms with E-state index < -0.39 is 0 Å². The smallest absolute Gasteiger partial charge is 0.274 e. The molecular weight excluding hydrogens is 306 g/mol. The summed E-state index contributed by atoms with van der Waals surface area (Å²) < 4.78 is 0.866. The number of rotatable bonds is 1. The minimum atomic E-state index is -0.0479. The van der Waals surface area contributed by atoms with Gasteiger partial charge in [-0.25, -0.2) is 0 Å². The molecule has 1 aromatic carbocycles. The average Bonchev–Trinajstić information content (AvgIpc) is 2.83. The minimum absolute atomic E-state index is 0.0164. The third kappa shape index (κ3) is 2.31. The van der Waals surface area contributed by atoms with E-state index in [1.807, 2.05) is 24.3 Å². The van der Waals surface area contributed by atoms with E-state index in [2.05, 4.69) is 20.9 Å². The summed E-state index contributed by atoms with van der Waals surface area (Å²) in [5, 5.41) is 0. The predicted molar refractivity (Wildman–Crippen MR) is 78.3 cm³/mol. The number of nitrogens with zero attached hydrogens (tertiary/aromatic N) is 1. The third-order valence-corrected chi connectivity index (χ3v) is 3.76. The molecular formula is C14H14BrN3O. The lowest BCUT2D eigenvalue weighted by Gasteiger charge is -2.32. The van der Waals surface area contributed by atoms with Crippen LogP contribution in [-0.4, -0.2) is 23.5 Å². The first-order valence-corrected chi connectivity index (χ1v) is 6.93. The van der Waals surface area contributed by atoms with Crippen LogP contribution < -0.4 is 10.6 Å². The molecule has 1 aliphatic heterocycles. The summed E-state index contributed by atoms with van der Waals surface area (Å²) in [6.45, 7) is 0.548. The quantitative estimate of drug-likeness (QED) is 0.847. The summed E-state index contributed by atoms with van der Waals surface area (Å²) in [7, 11) is 0. The lowest BCUT2D eigenvalue weighted by molar-refractivity contribution is 0.0979. The monoisotopic (exact) mass is 319 g/mol. The van der Waals surface area contributed by atoms with Crippen LogP contribution in [0.1, 0.15) is 16.1 Å². The van der Waals surface area contributed by atoms with E-state index >= 15 is 0 Å². The molecule has 1 aliphatic rings. The number of amides is 1. The van der Waals surface area contributed by atoms with Crippen LogP contribution in [0.25, 0.3) is 0 Å². The maximum atomic E-state index is 12.5. The number of para-hydroxylation sites is 1. The van der Waals surface area contributed by atoms with E-state index in [4.69, 9.17) is 5.73 Å². The van der Waals surface area contributed by atoms with Crippen LogP contribution in [-0.2, 0) is 6.42 Å². The first-order chi connectivity index (χ1) is 9.15. The number of fused-ring (bicyclic) bond motifs is 1. The Hall–Kier alpha value is -1.59. The molecule has 0 aliphatic carbocycles. The van der Waals surface area contributed by atoms with Crippen LogP contribution in [0.3, 0.4) is 0 Å². The van der Waals surface area contributed by atoms with Gasteiger partial charge in [0.15, 0.2) is 0 Å². The summed E-state index contributed by atoms with van der Waals surface area (Å²) in [5.41, 5.74) is 8.70. The van der Waals surface area contributed by atoms with Gasteiger partial charge in [0.1, 0.15) is 5.69 Å². The first-order valence-electron chi connectivity index (χ1n) is 6.14. The van der Waals surface area contributed by atoms with Crippen LogP contribution >= 0.6 is 15.9 Å². The van der Waals surface area contributed by atoms with Gasteiger partial charge >= 0.3 is 0 Å². The summed E-state index contributed by atoms with van der Waals surface area (Å²) in [6, 6.07) is 9.68. The zero-order chi connectivity index (χ0) is 13.4. The molecule has 0 saturated heterocycles. The molecule has 0 spiro atoms. The number of halogens is 1. The van der Waals surface area contributed by atoms with Gasteiger partial charge in [-0.05, 0) is 40.0 Å². The SMILES string of the molecule is NC1Cc2ccccc2N(C(=O)c2cc(Br)c[nH]2)C1. The highest BCUT2D eigenvalue weighted by Gasteiger charge is 2.27. The Morgan fingerprint density at radius 2 is 2.21 bits per heavy atom. The minimum Gasteiger partial charge on any atom is -0.356 e. The van der Waals surface area contributed by atoms with Gasteiger partial charge in [0, 0.05) is 28.9 Å². The summed E-state index contributed by atoms with van der Waals surface area (Å²) in [5.74, 6) is -0.0479. The molecule has 1 amide bonds. The molecule has 0 fully saturated rings. The molecule has 2 aromatic rings. The zero-order valence-corrected chi connectivity index (χ0v) is 11.9. The van der Waals surface area contributed by atoms with Crippen molar-refractivity contribution in [2.75, 3.05) is 11.4 Å². The van der Waals surface area contributed by atoms with Crippen molar-refractivity contribution < 1.29 is 4.79 Å². The van der Waals surface area contributed by atoms with Gasteiger partial charge in [-0.1, -0.05) is 18.2 Å². The number of aromatic nitrogens is 1. The van der Waals surface area contributed by atoms with Crippen LogP contribution in [0.2, 0.25) is 0 Å². The number of benzene rings is 1. The second-order valence-electron chi connectivity index (χ2n) is 4.74. The highest BCUT2D eigenvalue weighted by Crippen LogP contribution is 2.28. The molecule has 2 heterocycles. The van der Waals surface area contributed by atoms with E-state index in [0.29, 0.717) is 12.2 Å². The molecule has 4 nitrogen and oxygen atoms in total. The number of carbonyl (C=O) groups is 1. The second kappa shape index (κ2) is 4.83. The van der Waals surface area contributed by atoms with Crippen LogP contribution in [0.5, 0.6) is 0 Å². The molecule has 3 rings (SSSR count). The summed E-state index contributed by atoms with van der Waals surface area (Å²) in [6.07, 6.45) is 2.57. The number of anilines is 1. The number of H-pyrrole nitrogens is 1. The summed E-state index contributed by atoms with van der Waals surface area (Å²) in [4.78, 5) is 17.3. The van der Waals surface area contributed by atoms with Crippen molar-refractivity contribution in [3.63, 3.8) is 0 Å². The molecule has 0 radical (unpaired) electrons. The molecule has 0 bridgehead atoms. The highest BCUT2D eigenvalue weighted by atomic mass is 79.9. The zero-order valence-electron chi connectivity index (χ0n) is 10.3. The maximum absolute atomic E-state index is 12.5. The highest BCUT2D eigenvalue weighted by molar-refractivity contribution is 9.10. The molecule has 1 aromatic heterocycles. The molecule has 5 heteroatoms. The number of nitrogens with two attached hydrogens (primary N) is 1. The van der Waals surface area contributed by atoms with Gasteiger partial charge in [0.2, 0.25) is 0 Å². The Morgan fingerprint density at radius 3 is 2.95 bits per heavy atom. The van der Waals surface area contributed by atoms with E-state index in [1.165, 1.54) is 0 Å². The first kappa shape index (κ1) is 12.4. The fraction of sp³-hybridized carbons (Fsp3) is 0.214. The number of carbonyl (C=O) groups excluding carboxylic acids is 1. The fourth-order valence-corrected chi connectivity index (χ4v) is 2.80. The van der Waals surface area contributed by atoms with Gasteiger partial charge in [-0.3, -0.25) is 4.79 Å². The largest absolute Gasteiger partial charge is 0.356 e. The number of aromatic amines is 1. The number of hydrogen-bond donors (Lipinski definition) is 2. The predicted octanol–water partition coefficient (Wildman–Crippen LogP) is 2.31. The van der Waals surface area contributed by atoms with Gasteiger partial charge in [0.25, 0.3) is 5.91 Å². The van der Waals surface area contributed by atoms with Crippen LogP contribution in [0, 0.1) is 0 Å². The van der Waals surface area contributed by atoms with Gasteiger partial charge < -0.3 is 15.6 Å². The van der Waals surface area contributed by atoms with Gasteiger partial charge in [0.05, 0.1) is 0 Å². The Balaban J connectivity index is 1.99.